The van der Waals surface area contributed by atoms with Crippen molar-refractivity contribution in [3.63, 3.8) is 0 Å². The van der Waals surface area contributed by atoms with Crippen molar-refractivity contribution in [3.8, 4) is 5.75 Å². The van der Waals surface area contributed by atoms with Crippen molar-refractivity contribution in [2.45, 2.75) is 13.8 Å². The van der Waals surface area contributed by atoms with Crippen molar-refractivity contribution >= 4 is 17.5 Å². The van der Waals surface area contributed by atoms with Crippen molar-refractivity contribution in [1.29, 1.82) is 0 Å². The van der Waals surface area contributed by atoms with E-state index in [9.17, 15) is 4.79 Å². The zero-order valence-electron chi connectivity index (χ0n) is 11.4. The van der Waals surface area contributed by atoms with Gasteiger partial charge >= 0.3 is 0 Å². The first-order chi connectivity index (χ1) is 9.54. The number of benzene rings is 1. The minimum Gasteiger partial charge on any atom is -0.482 e. The highest BCUT2D eigenvalue weighted by atomic mass is 16.5. The number of aryl methyl sites for hydroxylation is 2. The van der Waals surface area contributed by atoms with Crippen LogP contribution in [-0.4, -0.2) is 22.5 Å². The number of carbonyl (C=O) groups excluding carboxylic acids is 1. The molecule has 0 atom stereocenters. The quantitative estimate of drug-likeness (QED) is 0.827. The standard InChI is InChI=1S/C14H16N4O2/c1-9-7-10(2)17-14(16-9)18-13(19)8-20-12-6-4-3-5-11(12)15/h3-7H,8,15H2,1-2H3,(H,16,17,18,19). The van der Waals surface area contributed by atoms with Crippen LogP contribution in [-0.2, 0) is 4.79 Å². The van der Waals surface area contributed by atoms with Crippen LogP contribution >= 0.6 is 0 Å². The number of nitrogen functional groups attached to an aromatic ring is 1. The van der Waals surface area contributed by atoms with E-state index >= 15 is 0 Å². The van der Waals surface area contributed by atoms with Crippen molar-refractivity contribution in [2.75, 3.05) is 17.7 Å². The van der Waals surface area contributed by atoms with Gasteiger partial charge in [-0.3, -0.25) is 10.1 Å². The predicted molar refractivity (Wildman–Crippen MR) is 76.5 cm³/mol. The van der Waals surface area contributed by atoms with Crippen LogP contribution in [0.4, 0.5) is 11.6 Å². The number of carbonyl (C=O) groups is 1. The monoisotopic (exact) mass is 272 g/mol. The zero-order chi connectivity index (χ0) is 14.5. The molecular weight excluding hydrogens is 256 g/mol. The van der Waals surface area contributed by atoms with Crippen molar-refractivity contribution < 1.29 is 9.53 Å². The number of para-hydroxylation sites is 2. The van der Waals surface area contributed by atoms with E-state index < -0.39 is 0 Å². The lowest BCUT2D eigenvalue weighted by molar-refractivity contribution is -0.118. The number of aromatic nitrogens is 2. The summed E-state index contributed by atoms with van der Waals surface area (Å²) < 4.78 is 5.34. The van der Waals surface area contributed by atoms with E-state index in [1.165, 1.54) is 0 Å². The normalized spacial score (nSPS) is 10.1. The maximum atomic E-state index is 11.8. The number of rotatable bonds is 4. The molecule has 0 unspecified atom stereocenters. The second kappa shape index (κ2) is 6.01. The Kier molecular flexibility index (Phi) is 4.14. The molecule has 0 aliphatic carbocycles. The number of nitrogens with two attached hydrogens (primary N) is 1. The van der Waals surface area contributed by atoms with Crippen LogP contribution in [0.5, 0.6) is 5.75 Å². The number of anilines is 2. The van der Waals surface area contributed by atoms with Crippen LogP contribution in [0.2, 0.25) is 0 Å². The minimum absolute atomic E-state index is 0.148. The SMILES string of the molecule is Cc1cc(C)nc(NC(=O)COc2ccccc2N)n1. The first-order valence-corrected chi connectivity index (χ1v) is 6.14. The van der Waals surface area contributed by atoms with Gasteiger partial charge in [0.15, 0.2) is 6.61 Å². The zero-order valence-corrected chi connectivity index (χ0v) is 11.4. The van der Waals surface area contributed by atoms with Gasteiger partial charge < -0.3 is 10.5 Å². The van der Waals surface area contributed by atoms with Crippen LogP contribution in [0.3, 0.4) is 0 Å². The smallest absolute Gasteiger partial charge is 0.264 e. The number of hydrogen-bond acceptors (Lipinski definition) is 5. The van der Waals surface area contributed by atoms with E-state index in [0.717, 1.165) is 11.4 Å². The maximum Gasteiger partial charge on any atom is 0.264 e. The molecule has 0 fully saturated rings. The number of nitrogens with one attached hydrogen (secondary N) is 1. The molecule has 0 saturated carbocycles. The lowest BCUT2D eigenvalue weighted by Gasteiger charge is -2.09. The molecule has 104 valence electrons. The van der Waals surface area contributed by atoms with Gasteiger partial charge in [0.2, 0.25) is 5.95 Å². The van der Waals surface area contributed by atoms with Gasteiger partial charge in [-0.05, 0) is 32.0 Å². The number of ether oxygens (including phenoxy) is 1. The molecule has 0 spiro atoms. The molecule has 6 nitrogen and oxygen atoms in total. The van der Waals surface area contributed by atoms with Crippen LogP contribution in [0.1, 0.15) is 11.4 Å². The molecule has 1 amide bonds. The molecular formula is C14H16N4O2. The molecule has 0 radical (unpaired) electrons. The highest BCUT2D eigenvalue weighted by Gasteiger charge is 2.07. The third-order valence-corrected chi connectivity index (χ3v) is 2.51. The van der Waals surface area contributed by atoms with E-state index in [1.807, 2.05) is 19.9 Å². The second-order valence-electron chi connectivity index (χ2n) is 4.35. The molecule has 0 bridgehead atoms. The van der Waals surface area contributed by atoms with E-state index in [-0.39, 0.29) is 18.5 Å². The first kappa shape index (κ1) is 13.8. The van der Waals surface area contributed by atoms with Gasteiger partial charge in [-0.25, -0.2) is 9.97 Å². The molecule has 2 rings (SSSR count). The Bertz CT molecular complexity index is 608. The number of hydrogen-bond donors (Lipinski definition) is 2. The van der Waals surface area contributed by atoms with Crippen LogP contribution in [0.25, 0.3) is 0 Å². The predicted octanol–water partition coefficient (Wildman–Crippen LogP) is 1.69. The van der Waals surface area contributed by atoms with E-state index in [4.69, 9.17) is 10.5 Å². The lowest BCUT2D eigenvalue weighted by atomic mass is 10.3. The van der Waals surface area contributed by atoms with Crippen LogP contribution in [0, 0.1) is 13.8 Å². The molecule has 1 aromatic heterocycles. The van der Waals surface area contributed by atoms with Gasteiger partial charge in [-0.15, -0.1) is 0 Å². The van der Waals surface area contributed by atoms with E-state index in [0.29, 0.717) is 11.4 Å². The molecule has 1 heterocycles. The lowest BCUT2D eigenvalue weighted by Crippen LogP contribution is -2.22. The summed E-state index contributed by atoms with van der Waals surface area (Å²) in [6.07, 6.45) is 0. The summed E-state index contributed by atoms with van der Waals surface area (Å²) in [5.74, 6) is 0.416. The van der Waals surface area contributed by atoms with Crippen molar-refractivity contribution in [3.05, 3.63) is 41.7 Å². The van der Waals surface area contributed by atoms with Crippen molar-refractivity contribution in [2.24, 2.45) is 0 Å². The summed E-state index contributed by atoms with van der Waals surface area (Å²) in [6, 6.07) is 8.83. The Labute approximate surface area is 117 Å². The Morgan fingerprint density at radius 1 is 1.25 bits per heavy atom. The highest BCUT2D eigenvalue weighted by molar-refractivity contribution is 5.90. The Balaban J connectivity index is 1.94. The molecule has 6 heteroatoms. The van der Waals surface area contributed by atoms with Crippen LogP contribution < -0.4 is 15.8 Å². The molecule has 2 aromatic rings. The van der Waals surface area contributed by atoms with Gasteiger partial charge in [0.25, 0.3) is 5.91 Å². The van der Waals surface area contributed by atoms with Crippen molar-refractivity contribution in [1.82, 2.24) is 9.97 Å². The average Bonchev–Trinajstić information content (AvgIpc) is 2.36. The average molecular weight is 272 g/mol. The maximum absolute atomic E-state index is 11.8. The molecule has 0 aliphatic heterocycles. The Hall–Kier alpha value is -2.63. The molecule has 1 aromatic carbocycles. The summed E-state index contributed by atoms with van der Waals surface area (Å²) >= 11 is 0. The fourth-order valence-corrected chi connectivity index (χ4v) is 1.70. The Morgan fingerprint density at radius 3 is 2.55 bits per heavy atom. The fourth-order valence-electron chi connectivity index (χ4n) is 1.70. The third kappa shape index (κ3) is 3.68. The van der Waals surface area contributed by atoms with Gasteiger partial charge in [0.1, 0.15) is 5.75 Å². The minimum atomic E-state index is -0.335. The summed E-state index contributed by atoms with van der Waals surface area (Å²) in [7, 11) is 0. The van der Waals surface area contributed by atoms with Gasteiger partial charge in [0, 0.05) is 11.4 Å². The highest BCUT2D eigenvalue weighted by Crippen LogP contribution is 2.19. The summed E-state index contributed by atoms with van der Waals surface area (Å²) in [5.41, 5.74) is 7.79. The third-order valence-electron chi connectivity index (χ3n) is 2.51. The van der Waals surface area contributed by atoms with Gasteiger partial charge in [-0.1, -0.05) is 12.1 Å². The largest absolute Gasteiger partial charge is 0.482 e. The molecule has 20 heavy (non-hydrogen) atoms. The molecule has 0 aliphatic rings. The summed E-state index contributed by atoms with van der Waals surface area (Å²) in [5, 5.41) is 2.59. The topological polar surface area (TPSA) is 90.1 Å². The van der Waals surface area contributed by atoms with E-state index in [1.54, 1.807) is 24.3 Å². The molecule has 3 N–H and O–H groups in total. The first-order valence-electron chi connectivity index (χ1n) is 6.14. The van der Waals surface area contributed by atoms with Crippen LogP contribution in [0.15, 0.2) is 30.3 Å². The molecule has 0 saturated heterocycles. The van der Waals surface area contributed by atoms with Gasteiger partial charge in [-0.2, -0.15) is 0 Å². The Morgan fingerprint density at radius 2 is 1.90 bits per heavy atom. The fraction of sp³-hybridized carbons (Fsp3) is 0.214. The summed E-state index contributed by atoms with van der Waals surface area (Å²) in [6.45, 7) is 3.53. The number of amides is 1. The summed E-state index contributed by atoms with van der Waals surface area (Å²) in [4.78, 5) is 20.0. The number of nitrogens with zero attached hydrogens (tertiary/aromatic N) is 2. The van der Waals surface area contributed by atoms with Gasteiger partial charge in [0.05, 0.1) is 5.69 Å². The van der Waals surface area contributed by atoms with E-state index in [2.05, 4.69) is 15.3 Å². The second-order valence-corrected chi connectivity index (χ2v) is 4.35.